The third-order valence-electron chi connectivity index (χ3n) is 4.42. The molecule has 3 rings (SSSR count). The zero-order valence-electron chi connectivity index (χ0n) is 14.8. The zero-order chi connectivity index (χ0) is 20.3. The summed E-state index contributed by atoms with van der Waals surface area (Å²) in [6, 6.07) is 5.60. The van der Waals surface area contributed by atoms with Crippen LogP contribution in [-0.4, -0.2) is 56.9 Å². The average Bonchev–Trinajstić information content (AvgIpc) is 3.01. The van der Waals surface area contributed by atoms with E-state index < -0.39 is 42.4 Å². The van der Waals surface area contributed by atoms with Gasteiger partial charge in [-0.1, -0.05) is 24.3 Å². The van der Waals surface area contributed by atoms with Crippen LogP contribution in [0.15, 0.2) is 35.5 Å². The van der Waals surface area contributed by atoms with Crippen molar-refractivity contribution in [2.24, 2.45) is 0 Å². The second kappa shape index (κ2) is 8.34. The number of aromatic nitrogens is 1. The first kappa shape index (κ1) is 19.7. The topological polar surface area (TPSA) is 138 Å². The highest BCUT2D eigenvalue weighted by Crippen LogP contribution is 2.34. The van der Waals surface area contributed by atoms with Gasteiger partial charge >= 0.3 is 11.9 Å². The molecule has 10 heteroatoms. The van der Waals surface area contributed by atoms with Gasteiger partial charge in [0, 0.05) is 29.1 Å². The molecule has 0 radical (unpaired) electrons. The Kier molecular flexibility index (Phi) is 5.88. The molecule has 0 saturated carbocycles. The molecular formula is C18H19N3O6S. The van der Waals surface area contributed by atoms with Crippen LogP contribution < -0.4 is 10.6 Å². The van der Waals surface area contributed by atoms with Gasteiger partial charge < -0.3 is 25.4 Å². The number of thioether (sulfide) groups is 1. The van der Waals surface area contributed by atoms with Crippen LogP contribution in [-0.2, 0) is 19.2 Å². The molecule has 0 spiro atoms. The van der Waals surface area contributed by atoms with Crippen LogP contribution in [0.1, 0.15) is 18.9 Å². The van der Waals surface area contributed by atoms with E-state index in [0.29, 0.717) is 5.03 Å². The molecule has 1 aliphatic rings. The Balaban J connectivity index is 1.95. The maximum Gasteiger partial charge on any atom is 0.326 e. The molecular weight excluding hydrogens is 386 g/mol. The molecule has 2 atom stereocenters. The number of carboxylic acids is 2. The summed E-state index contributed by atoms with van der Waals surface area (Å²) < 4.78 is 1.64. The standard InChI is InChI=1S/C18H19N3O6S/c22-14-6-5-13(18(26)27)21-8-10-3-1-2-4-11(10)17(21)28-9-12(20-14)16(25)19-7-15(23)24/h1-4,8,12-13H,5-7,9H2,(H,19,25)(H,20,22)(H,23,24)(H,26,27). The van der Waals surface area contributed by atoms with Crippen molar-refractivity contribution in [2.75, 3.05) is 12.3 Å². The number of aliphatic carboxylic acids is 2. The number of amides is 2. The molecule has 2 heterocycles. The van der Waals surface area contributed by atoms with Crippen molar-refractivity contribution in [1.82, 2.24) is 15.2 Å². The van der Waals surface area contributed by atoms with Crippen LogP contribution in [0.25, 0.3) is 10.8 Å². The quantitative estimate of drug-likeness (QED) is 0.591. The van der Waals surface area contributed by atoms with Crippen molar-refractivity contribution in [3.05, 3.63) is 30.5 Å². The number of hydrogen-bond donors (Lipinski definition) is 4. The fourth-order valence-corrected chi connectivity index (χ4v) is 4.31. The van der Waals surface area contributed by atoms with Gasteiger partial charge in [-0.15, -0.1) is 11.8 Å². The Morgan fingerprint density at radius 2 is 2.00 bits per heavy atom. The highest BCUT2D eigenvalue weighted by Gasteiger charge is 2.29. The van der Waals surface area contributed by atoms with E-state index in [1.165, 1.54) is 11.8 Å². The molecule has 1 aromatic carbocycles. The highest BCUT2D eigenvalue weighted by molar-refractivity contribution is 7.99. The second-order valence-corrected chi connectivity index (χ2v) is 7.37. The van der Waals surface area contributed by atoms with Gasteiger partial charge in [0.25, 0.3) is 0 Å². The summed E-state index contributed by atoms with van der Waals surface area (Å²) in [5, 5.41) is 25.6. The normalized spacial score (nSPS) is 20.1. The van der Waals surface area contributed by atoms with E-state index in [0.717, 1.165) is 10.8 Å². The Labute approximate surface area is 164 Å². The van der Waals surface area contributed by atoms with Crippen molar-refractivity contribution >= 4 is 46.3 Å². The first-order valence-electron chi connectivity index (χ1n) is 8.61. The van der Waals surface area contributed by atoms with E-state index in [-0.39, 0.29) is 18.6 Å². The fraction of sp³-hybridized carbons (Fsp3) is 0.333. The Bertz CT molecular complexity index is 941. The summed E-state index contributed by atoms with van der Waals surface area (Å²) in [7, 11) is 0. The van der Waals surface area contributed by atoms with Gasteiger partial charge in [0.05, 0.1) is 5.03 Å². The van der Waals surface area contributed by atoms with Gasteiger partial charge in [-0.05, 0) is 6.42 Å². The molecule has 148 valence electrons. The molecule has 2 aromatic rings. The molecule has 1 aliphatic heterocycles. The molecule has 4 N–H and O–H groups in total. The number of nitrogens with zero attached hydrogens (tertiary/aromatic N) is 1. The molecule has 2 unspecified atom stereocenters. The lowest BCUT2D eigenvalue weighted by molar-refractivity contribution is -0.141. The van der Waals surface area contributed by atoms with Crippen LogP contribution in [0.4, 0.5) is 0 Å². The Morgan fingerprint density at radius 1 is 1.25 bits per heavy atom. The summed E-state index contributed by atoms with van der Waals surface area (Å²) >= 11 is 1.25. The molecule has 0 saturated heterocycles. The Morgan fingerprint density at radius 3 is 2.71 bits per heavy atom. The van der Waals surface area contributed by atoms with Gasteiger partial charge in [-0.3, -0.25) is 14.4 Å². The van der Waals surface area contributed by atoms with E-state index in [2.05, 4.69) is 10.6 Å². The van der Waals surface area contributed by atoms with Crippen molar-refractivity contribution in [2.45, 2.75) is 30.0 Å². The van der Waals surface area contributed by atoms with Gasteiger partial charge in [-0.2, -0.15) is 0 Å². The van der Waals surface area contributed by atoms with E-state index in [4.69, 9.17) is 5.11 Å². The zero-order valence-corrected chi connectivity index (χ0v) is 15.6. The predicted octanol–water partition coefficient (Wildman–Crippen LogP) is 0.838. The van der Waals surface area contributed by atoms with Crippen LogP contribution in [0, 0.1) is 0 Å². The molecule has 0 aliphatic carbocycles. The largest absolute Gasteiger partial charge is 0.480 e. The number of hydrogen-bond acceptors (Lipinski definition) is 5. The molecule has 9 nitrogen and oxygen atoms in total. The molecule has 1 aromatic heterocycles. The van der Waals surface area contributed by atoms with E-state index in [1.807, 2.05) is 24.3 Å². The van der Waals surface area contributed by atoms with Crippen LogP contribution in [0.5, 0.6) is 0 Å². The van der Waals surface area contributed by atoms with Gasteiger partial charge in [0.1, 0.15) is 18.6 Å². The summed E-state index contributed by atoms with van der Waals surface area (Å²) in [4.78, 5) is 47.0. The number of rotatable bonds is 4. The van der Waals surface area contributed by atoms with Crippen molar-refractivity contribution in [3.8, 4) is 0 Å². The smallest absolute Gasteiger partial charge is 0.326 e. The predicted molar refractivity (Wildman–Crippen MR) is 101 cm³/mol. The number of carbonyl (C=O) groups is 4. The van der Waals surface area contributed by atoms with Gasteiger partial charge in [0.15, 0.2) is 0 Å². The van der Waals surface area contributed by atoms with Crippen LogP contribution >= 0.6 is 11.8 Å². The highest BCUT2D eigenvalue weighted by atomic mass is 32.2. The first-order valence-corrected chi connectivity index (χ1v) is 9.59. The third kappa shape index (κ3) is 4.28. The number of benzene rings is 1. The minimum atomic E-state index is -1.18. The summed E-state index contributed by atoms with van der Waals surface area (Å²) in [5.74, 6) is -3.14. The molecule has 28 heavy (non-hydrogen) atoms. The minimum absolute atomic E-state index is 0.0686. The van der Waals surface area contributed by atoms with E-state index >= 15 is 0 Å². The lowest BCUT2D eigenvalue weighted by atomic mass is 10.1. The summed E-state index contributed by atoms with van der Waals surface area (Å²) in [5.41, 5.74) is 0. The maximum absolute atomic E-state index is 12.3. The van der Waals surface area contributed by atoms with Crippen LogP contribution in [0.3, 0.4) is 0 Å². The lowest BCUT2D eigenvalue weighted by Gasteiger charge is -2.23. The molecule has 2 amide bonds. The van der Waals surface area contributed by atoms with E-state index in [1.54, 1.807) is 10.8 Å². The first-order chi connectivity index (χ1) is 13.4. The van der Waals surface area contributed by atoms with E-state index in [9.17, 15) is 24.3 Å². The molecule has 0 fully saturated rings. The lowest BCUT2D eigenvalue weighted by Crippen LogP contribution is -2.49. The van der Waals surface area contributed by atoms with Crippen molar-refractivity contribution in [1.29, 1.82) is 0 Å². The summed E-state index contributed by atoms with van der Waals surface area (Å²) in [6.45, 7) is -0.545. The average molecular weight is 405 g/mol. The number of carbonyl (C=O) groups excluding carboxylic acids is 2. The van der Waals surface area contributed by atoms with Gasteiger partial charge in [-0.25, -0.2) is 4.79 Å². The van der Waals surface area contributed by atoms with Crippen molar-refractivity contribution in [3.63, 3.8) is 0 Å². The molecule has 0 bridgehead atoms. The third-order valence-corrected chi connectivity index (χ3v) is 5.63. The number of carboxylic acid groups (broad SMARTS) is 2. The second-order valence-electron chi connectivity index (χ2n) is 6.36. The maximum atomic E-state index is 12.3. The van der Waals surface area contributed by atoms with Crippen LogP contribution in [0.2, 0.25) is 0 Å². The summed E-state index contributed by atoms with van der Waals surface area (Å²) in [6.07, 6.45) is 1.74. The Hall–Kier alpha value is -3.01. The van der Waals surface area contributed by atoms with Gasteiger partial charge in [0.2, 0.25) is 11.8 Å². The number of nitrogens with one attached hydrogen (secondary N) is 2. The monoisotopic (exact) mass is 405 g/mol. The number of fused-ring (bicyclic) bond motifs is 3. The van der Waals surface area contributed by atoms with Crippen molar-refractivity contribution < 1.29 is 29.4 Å². The fourth-order valence-electron chi connectivity index (χ4n) is 3.08. The minimum Gasteiger partial charge on any atom is -0.480 e. The SMILES string of the molecule is O=C(O)CNC(=O)C1CSc2c3ccccc3cn2C(C(=O)O)CCC(=O)N1.